The second-order valence-electron chi connectivity index (χ2n) is 16.9. The molecule has 0 saturated heterocycles. The van der Waals surface area contributed by atoms with Gasteiger partial charge < -0.3 is 9.13 Å². The lowest BCUT2D eigenvalue weighted by atomic mass is 9.89. The Kier molecular flexibility index (Phi) is 7.94. The monoisotopic (exact) mass is 812 g/mol. The third-order valence-electron chi connectivity index (χ3n) is 13.6. The summed E-state index contributed by atoms with van der Waals surface area (Å²) in [6.07, 6.45) is 5.74. The van der Waals surface area contributed by atoms with E-state index < -0.39 is 0 Å². The van der Waals surface area contributed by atoms with Crippen molar-refractivity contribution in [2.75, 3.05) is 0 Å². The van der Waals surface area contributed by atoms with E-state index in [0.717, 1.165) is 22.4 Å². The molecule has 0 fully saturated rings. The van der Waals surface area contributed by atoms with Gasteiger partial charge in [0.1, 0.15) is 0 Å². The summed E-state index contributed by atoms with van der Waals surface area (Å²) >= 11 is 0. The van der Waals surface area contributed by atoms with Crippen LogP contribution in [0.4, 0.5) is 0 Å². The van der Waals surface area contributed by atoms with Gasteiger partial charge in [-0.2, -0.15) is 0 Å². The number of aromatic nitrogens is 2. The molecule has 2 aromatic heterocycles. The lowest BCUT2D eigenvalue weighted by Crippen LogP contribution is -1.95. The zero-order valence-electron chi connectivity index (χ0n) is 35.1. The number of allylic oxidation sites excluding steroid dienone is 4. The number of hydrogen-bond donors (Lipinski definition) is 0. The Morgan fingerprint density at radius 2 is 0.953 bits per heavy atom. The number of hydrogen-bond acceptors (Lipinski definition) is 0. The minimum Gasteiger partial charge on any atom is -0.309 e. The van der Waals surface area contributed by atoms with Crippen LogP contribution in [0.25, 0.3) is 132 Å². The molecular weight excluding hydrogens is 773 g/mol. The van der Waals surface area contributed by atoms with Crippen molar-refractivity contribution in [3.8, 4) is 61.3 Å². The van der Waals surface area contributed by atoms with Gasteiger partial charge in [0.2, 0.25) is 0 Å². The van der Waals surface area contributed by atoms with Crippen molar-refractivity contribution >= 4 is 70.9 Å². The molecule has 0 spiro atoms. The van der Waals surface area contributed by atoms with Crippen LogP contribution < -0.4 is 0 Å². The van der Waals surface area contributed by atoms with Crippen molar-refractivity contribution in [3.63, 3.8) is 0 Å². The minimum atomic E-state index is 0.995. The lowest BCUT2D eigenvalue weighted by molar-refractivity contribution is 1.19. The molecule has 12 aromatic rings. The molecule has 0 unspecified atom stereocenters. The lowest BCUT2D eigenvalue weighted by Gasteiger charge is -2.15. The van der Waals surface area contributed by atoms with Gasteiger partial charge in [0, 0.05) is 38.3 Å². The molecular formula is C62H40N2. The molecule has 0 saturated carbocycles. The van der Waals surface area contributed by atoms with Crippen LogP contribution in [-0.2, 0) is 0 Å². The maximum absolute atomic E-state index is 4.13. The van der Waals surface area contributed by atoms with Crippen molar-refractivity contribution in [2.24, 2.45) is 0 Å². The zero-order valence-corrected chi connectivity index (χ0v) is 35.1. The highest BCUT2D eigenvalue weighted by atomic mass is 15.0. The predicted octanol–water partition coefficient (Wildman–Crippen LogP) is 17.1. The third kappa shape index (κ3) is 5.20. The summed E-state index contributed by atoms with van der Waals surface area (Å²) < 4.78 is 4.76. The summed E-state index contributed by atoms with van der Waals surface area (Å²) in [5.41, 5.74) is 19.3. The molecule has 0 atom stereocenters. The topological polar surface area (TPSA) is 9.86 Å². The first-order valence-electron chi connectivity index (χ1n) is 22.0. The fourth-order valence-electron chi connectivity index (χ4n) is 10.8. The van der Waals surface area contributed by atoms with E-state index in [2.05, 4.69) is 222 Å². The molecule has 2 nitrogen and oxygen atoms in total. The first-order chi connectivity index (χ1) is 31.7. The van der Waals surface area contributed by atoms with Crippen molar-refractivity contribution in [1.82, 2.24) is 9.13 Å². The average molecular weight is 813 g/mol. The molecule has 298 valence electrons. The van der Waals surface area contributed by atoms with E-state index in [1.807, 2.05) is 18.2 Å². The van der Waals surface area contributed by atoms with Gasteiger partial charge in [0.15, 0.2) is 0 Å². The van der Waals surface area contributed by atoms with Gasteiger partial charge in [-0.05, 0) is 120 Å². The van der Waals surface area contributed by atoms with E-state index in [1.165, 1.54) is 110 Å². The first kappa shape index (κ1) is 36.2. The van der Waals surface area contributed by atoms with E-state index in [1.54, 1.807) is 0 Å². The predicted molar refractivity (Wildman–Crippen MR) is 274 cm³/mol. The Morgan fingerprint density at radius 3 is 1.75 bits per heavy atom. The Hall–Kier alpha value is -8.46. The van der Waals surface area contributed by atoms with Crippen LogP contribution in [-0.4, -0.2) is 9.13 Å². The van der Waals surface area contributed by atoms with E-state index in [4.69, 9.17) is 0 Å². The van der Waals surface area contributed by atoms with Crippen LogP contribution in [0.1, 0.15) is 0 Å². The number of benzene rings is 10. The molecule has 0 aliphatic heterocycles. The van der Waals surface area contributed by atoms with E-state index >= 15 is 0 Å². The molecule has 10 aromatic carbocycles. The zero-order chi connectivity index (χ0) is 42.5. The molecule has 0 N–H and O–H groups in total. The van der Waals surface area contributed by atoms with Crippen LogP contribution in [0.3, 0.4) is 0 Å². The van der Waals surface area contributed by atoms with Crippen LogP contribution in [0.2, 0.25) is 0 Å². The highest BCUT2D eigenvalue weighted by Crippen LogP contribution is 2.50. The largest absolute Gasteiger partial charge is 0.309 e. The fraction of sp³-hybridized carbons (Fsp3) is 0. The molecule has 1 aliphatic carbocycles. The standard InChI is InChI=1S/C62H40N2/c1-3-14-43(4-2)63-58-24-12-11-21-51(58)57-37-41(29-36-59(57)63)42-28-32-52-56-33-27-39-15-5-6-17-46(39)62(56)64(60(52)38-42)44-30-25-40(26-31-44)45-16-7-8-18-47(45)50-34-35-55-49-20-10-9-19-48(49)53-22-13-23-54(50)61(53)55/h3-38H,1-2H2/b43-14+. The minimum absolute atomic E-state index is 0.995. The third-order valence-corrected chi connectivity index (χ3v) is 13.6. The van der Waals surface area contributed by atoms with Gasteiger partial charge in [-0.25, -0.2) is 0 Å². The molecule has 0 amide bonds. The SMILES string of the molecule is C=C/C=C(\C=C)n1c2ccccc2c2cc(-c3ccc4c5ccc6ccccc6c5n(-c5ccc(-c6ccccc6-c6ccc7c8c(cccc68)-c6ccccc6-7)cc5)c4c3)ccc21. The van der Waals surface area contributed by atoms with Crippen molar-refractivity contribution in [2.45, 2.75) is 0 Å². The maximum Gasteiger partial charge on any atom is 0.0619 e. The molecule has 1 aliphatic rings. The Bertz CT molecular complexity index is 3950. The van der Waals surface area contributed by atoms with Gasteiger partial charge in [0.25, 0.3) is 0 Å². The molecule has 2 heteroatoms. The van der Waals surface area contributed by atoms with E-state index in [9.17, 15) is 0 Å². The van der Waals surface area contributed by atoms with Gasteiger partial charge in [-0.1, -0.05) is 183 Å². The van der Waals surface area contributed by atoms with Crippen molar-refractivity contribution < 1.29 is 0 Å². The average Bonchev–Trinajstić information content (AvgIpc) is 3.99. The highest BCUT2D eigenvalue weighted by molar-refractivity contribution is 6.21. The number of para-hydroxylation sites is 1. The molecule has 2 heterocycles. The van der Waals surface area contributed by atoms with Gasteiger partial charge >= 0.3 is 0 Å². The summed E-state index contributed by atoms with van der Waals surface area (Å²) in [5.74, 6) is 0. The van der Waals surface area contributed by atoms with Crippen LogP contribution in [0, 0.1) is 0 Å². The Balaban J connectivity index is 0.971. The van der Waals surface area contributed by atoms with Crippen LogP contribution >= 0.6 is 0 Å². The maximum atomic E-state index is 4.13. The summed E-state index contributed by atoms with van der Waals surface area (Å²) in [5, 5.41) is 9.99. The second-order valence-corrected chi connectivity index (χ2v) is 16.9. The van der Waals surface area contributed by atoms with Crippen LogP contribution in [0.5, 0.6) is 0 Å². The highest BCUT2D eigenvalue weighted by Gasteiger charge is 2.23. The van der Waals surface area contributed by atoms with Gasteiger partial charge in [-0.15, -0.1) is 0 Å². The number of rotatable bonds is 7. The van der Waals surface area contributed by atoms with E-state index in [-0.39, 0.29) is 0 Å². The van der Waals surface area contributed by atoms with Gasteiger partial charge in [-0.3, -0.25) is 0 Å². The summed E-state index contributed by atoms with van der Waals surface area (Å²) in [4.78, 5) is 0. The molecule has 13 rings (SSSR count). The summed E-state index contributed by atoms with van der Waals surface area (Å²) in [6, 6.07) is 74.1. The first-order valence-corrected chi connectivity index (χ1v) is 22.0. The summed E-state index contributed by atoms with van der Waals surface area (Å²) in [6.45, 7) is 8.11. The number of nitrogens with zero attached hydrogens (tertiary/aromatic N) is 2. The van der Waals surface area contributed by atoms with Crippen molar-refractivity contribution in [3.05, 3.63) is 232 Å². The Morgan fingerprint density at radius 1 is 0.375 bits per heavy atom. The molecule has 0 bridgehead atoms. The normalized spacial score (nSPS) is 12.3. The number of fused-ring (bicyclic) bond motifs is 11. The second kappa shape index (κ2) is 14.0. The van der Waals surface area contributed by atoms with E-state index in [0.29, 0.717) is 0 Å². The smallest absolute Gasteiger partial charge is 0.0619 e. The van der Waals surface area contributed by atoms with Crippen molar-refractivity contribution in [1.29, 1.82) is 0 Å². The van der Waals surface area contributed by atoms with Gasteiger partial charge in [0.05, 0.1) is 22.1 Å². The molecule has 0 radical (unpaired) electrons. The molecule has 64 heavy (non-hydrogen) atoms. The summed E-state index contributed by atoms with van der Waals surface area (Å²) in [7, 11) is 0. The quantitative estimate of drug-likeness (QED) is 0.142. The fourth-order valence-corrected chi connectivity index (χ4v) is 10.8. The van der Waals surface area contributed by atoms with Crippen LogP contribution in [0.15, 0.2) is 232 Å². The Labute approximate surface area is 371 Å².